The second kappa shape index (κ2) is 5.42. The monoisotopic (exact) mass is 351 g/mol. The van der Waals surface area contributed by atoms with E-state index in [9.17, 15) is 4.79 Å². The van der Waals surface area contributed by atoms with Gasteiger partial charge >= 0.3 is 0 Å². The molecule has 25 heavy (non-hydrogen) atoms. The average molecular weight is 351 g/mol. The summed E-state index contributed by atoms with van der Waals surface area (Å²) >= 11 is 1.53. The number of aryl methyl sites for hydroxylation is 1. The van der Waals surface area contributed by atoms with Crippen LogP contribution in [0.2, 0.25) is 0 Å². The van der Waals surface area contributed by atoms with Crippen molar-refractivity contribution >= 4 is 33.2 Å². The molecule has 4 heterocycles. The molecule has 1 unspecified atom stereocenters. The van der Waals surface area contributed by atoms with Crippen molar-refractivity contribution in [2.24, 2.45) is 0 Å². The predicted molar refractivity (Wildman–Crippen MR) is 96.9 cm³/mol. The lowest BCUT2D eigenvalue weighted by atomic mass is 10.2. The summed E-state index contributed by atoms with van der Waals surface area (Å²) in [4.78, 5) is 28.4. The third-order valence-corrected chi connectivity index (χ3v) is 5.65. The van der Waals surface area contributed by atoms with Crippen LogP contribution in [0.5, 0.6) is 0 Å². The van der Waals surface area contributed by atoms with Crippen molar-refractivity contribution < 1.29 is 4.79 Å². The molecule has 1 aromatic carbocycles. The van der Waals surface area contributed by atoms with Gasteiger partial charge in [0.15, 0.2) is 4.96 Å². The number of likely N-dealkylation sites (tertiary alicyclic amines) is 1. The van der Waals surface area contributed by atoms with Crippen LogP contribution >= 0.6 is 11.3 Å². The summed E-state index contributed by atoms with van der Waals surface area (Å²) in [5.41, 5.74) is 3.66. The molecule has 1 amide bonds. The normalized spacial score (nSPS) is 17.8. The Morgan fingerprint density at radius 3 is 3.12 bits per heavy atom. The van der Waals surface area contributed by atoms with Crippen LogP contribution in [-0.4, -0.2) is 36.7 Å². The van der Waals surface area contributed by atoms with Gasteiger partial charge in [-0.2, -0.15) is 0 Å². The number of nitrogens with zero attached hydrogens (tertiary/aromatic N) is 4. The predicted octanol–water partition coefficient (Wildman–Crippen LogP) is 3.56. The van der Waals surface area contributed by atoms with Crippen LogP contribution in [0.15, 0.2) is 36.0 Å². The van der Waals surface area contributed by atoms with E-state index < -0.39 is 0 Å². The smallest absolute Gasteiger partial charge is 0.274 e. The number of para-hydroxylation sites is 1. The van der Waals surface area contributed by atoms with E-state index >= 15 is 0 Å². The SMILES string of the molecule is Cc1cccc2[nH]c(C3CCCN3C(=O)c3cn4ccsc4n3)nc12. The van der Waals surface area contributed by atoms with E-state index in [0.717, 1.165) is 46.8 Å². The molecule has 0 radical (unpaired) electrons. The summed E-state index contributed by atoms with van der Waals surface area (Å²) in [5, 5.41) is 1.96. The Balaban J connectivity index is 1.51. The van der Waals surface area contributed by atoms with E-state index in [1.165, 1.54) is 11.3 Å². The third-order valence-electron chi connectivity index (χ3n) is 4.87. The molecule has 1 saturated heterocycles. The van der Waals surface area contributed by atoms with Gasteiger partial charge in [0, 0.05) is 24.3 Å². The first-order chi connectivity index (χ1) is 12.2. The molecule has 7 heteroatoms. The first-order valence-electron chi connectivity index (χ1n) is 8.39. The molecule has 1 aliphatic heterocycles. The molecule has 0 aliphatic carbocycles. The van der Waals surface area contributed by atoms with Gasteiger partial charge in [-0.15, -0.1) is 11.3 Å². The van der Waals surface area contributed by atoms with Gasteiger partial charge in [-0.1, -0.05) is 12.1 Å². The summed E-state index contributed by atoms with van der Waals surface area (Å²) in [7, 11) is 0. The summed E-state index contributed by atoms with van der Waals surface area (Å²) in [6, 6.07) is 6.10. The van der Waals surface area contributed by atoms with Gasteiger partial charge in [0.1, 0.15) is 11.5 Å². The number of imidazole rings is 2. The molecule has 126 valence electrons. The molecule has 5 rings (SSSR count). The number of fused-ring (bicyclic) bond motifs is 2. The van der Waals surface area contributed by atoms with E-state index in [1.807, 2.05) is 39.2 Å². The molecular weight excluding hydrogens is 334 g/mol. The van der Waals surface area contributed by atoms with E-state index in [2.05, 4.69) is 23.0 Å². The topological polar surface area (TPSA) is 66.3 Å². The molecule has 1 atom stereocenters. The summed E-state index contributed by atoms with van der Waals surface area (Å²) in [6.07, 6.45) is 5.64. The number of amides is 1. The van der Waals surface area contributed by atoms with Crippen LogP contribution in [0.1, 0.15) is 40.8 Å². The van der Waals surface area contributed by atoms with Crippen molar-refractivity contribution in [3.8, 4) is 0 Å². The Morgan fingerprint density at radius 1 is 1.36 bits per heavy atom. The van der Waals surface area contributed by atoms with Crippen LogP contribution in [0.3, 0.4) is 0 Å². The Kier molecular flexibility index (Phi) is 3.18. The number of hydrogen-bond donors (Lipinski definition) is 1. The van der Waals surface area contributed by atoms with Crippen LogP contribution in [0, 0.1) is 6.92 Å². The van der Waals surface area contributed by atoms with Gasteiger partial charge < -0.3 is 9.88 Å². The zero-order valence-electron chi connectivity index (χ0n) is 13.8. The number of benzene rings is 1. The van der Waals surface area contributed by atoms with Crippen molar-refractivity contribution in [3.05, 3.63) is 53.1 Å². The Bertz CT molecular complexity index is 1060. The van der Waals surface area contributed by atoms with Crippen LogP contribution < -0.4 is 0 Å². The van der Waals surface area contributed by atoms with Crippen molar-refractivity contribution in [1.29, 1.82) is 0 Å². The van der Waals surface area contributed by atoms with Gasteiger partial charge in [-0.3, -0.25) is 9.20 Å². The minimum absolute atomic E-state index is 0.0148. The van der Waals surface area contributed by atoms with Gasteiger partial charge in [-0.25, -0.2) is 9.97 Å². The van der Waals surface area contributed by atoms with E-state index in [4.69, 9.17) is 4.98 Å². The molecule has 1 fully saturated rings. The van der Waals surface area contributed by atoms with Crippen LogP contribution in [-0.2, 0) is 0 Å². The number of H-pyrrole nitrogens is 1. The lowest BCUT2D eigenvalue weighted by Gasteiger charge is -2.22. The zero-order valence-corrected chi connectivity index (χ0v) is 14.6. The Labute approximate surface area is 148 Å². The van der Waals surface area contributed by atoms with E-state index in [1.54, 1.807) is 0 Å². The third kappa shape index (κ3) is 2.26. The first-order valence-corrected chi connectivity index (χ1v) is 9.27. The Hall–Kier alpha value is -2.67. The first kappa shape index (κ1) is 14.7. The minimum Gasteiger partial charge on any atom is -0.340 e. The minimum atomic E-state index is -0.0180. The highest BCUT2D eigenvalue weighted by Gasteiger charge is 2.33. The number of hydrogen-bond acceptors (Lipinski definition) is 4. The lowest BCUT2D eigenvalue weighted by Crippen LogP contribution is -2.31. The molecule has 0 saturated carbocycles. The number of rotatable bonds is 2. The maximum atomic E-state index is 13.0. The highest BCUT2D eigenvalue weighted by molar-refractivity contribution is 7.15. The average Bonchev–Trinajstić information content (AvgIpc) is 3.35. The maximum absolute atomic E-state index is 13.0. The van der Waals surface area contributed by atoms with Gasteiger partial charge in [-0.05, 0) is 31.4 Å². The summed E-state index contributed by atoms with van der Waals surface area (Å²) in [5.74, 6) is 0.853. The van der Waals surface area contributed by atoms with Crippen molar-refractivity contribution in [2.75, 3.05) is 6.54 Å². The number of aromatic nitrogens is 4. The van der Waals surface area contributed by atoms with Gasteiger partial charge in [0.05, 0.1) is 17.1 Å². The molecule has 4 aromatic rings. The molecule has 0 bridgehead atoms. The second-order valence-electron chi connectivity index (χ2n) is 6.47. The number of thiazole rings is 1. The highest BCUT2D eigenvalue weighted by atomic mass is 32.1. The summed E-state index contributed by atoms with van der Waals surface area (Å²) in [6.45, 7) is 2.80. The fourth-order valence-electron chi connectivity index (χ4n) is 3.62. The summed E-state index contributed by atoms with van der Waals surface area (Å²) < 4.78 is 1.90. The van der Waals surface area contributed by atoms with E-state index in [-0.39, 0.29) is 11.9 Å². The number of nitrogens with one attached hydrogen (secondary N) is 1. The van der Waals surface area contributed by atoms with Crippen LogP contribution in [0.25, 0.3) is 16.0 Å². The quantitative estimate of drug-likeness (QED) is 0.600. The number of carbonyl (C=O) groups is 1. The lowest BCUT2D eigenvalue weighted by molar-refractivity contribution is 0.0725. The van der Waals surface area contributed by atoms with Gasteiger partial charge in [0.25, 0.3) is 5.91 Å². The van der Waals surface area contributed by atoms with Crippen molar-refractivity contribution in [2.45, 2.75) is 25.8 Å². The maximum Gasteiger partial charge on any atom is 0.274 e. The van der Waals surface area contributed by atoms with Crippen molar-refractivity contribution in [3.63, 3.8) is 0 Å². The molecule has 1 N–H and O–H groups in total. The molecule has 1 aliphatic rings. The fraction of sp³-hybridized carbons (Fsp3) is 0.278. The molecule has 3 aromatic heterocycles. The second-order valence-corrected chi connectivity index (χ2v) is 7.34. The fourth-order valence-corrected chi connectivity index (χ4v) is 4.32. The number of carbonyl (C=O) groups excluding carboxylic acids is 1. The van der Waals surface area contributed by atoms with Gasteiger partial charge in [0.2, 0.25) is 0 Å². The van der Waals surface area contributed by atoms with E-state index in [0.29, 0.717) is 5.69 Å². The zero-order chi connectivity index (χ0) is 17.0. The number of aromatic amines is 1. The Morgan fingerprint density at radius 2 is 2.28 bits per heavy atom. The molecule has 6 nitrogen and oxygen atoms in total. The standard InChI is InChI=1S/C18H17N5OS/c1-11-4-2-5-12-15(11)21-16(19-12)14-6-3-7-23(14)17(24)13-10-22-8-9-25-18(22)20-13/h2,4-5,8-10,14H,3,6-7H2,1H3,(H,19,21). The van der Waals surface area contributed by atoms with Crippen LogP contribution in [0.4, 0.5) is 0 Å². The molecular formula is C18H17N5OS. The largest absolute Gasteiger partial charge is 0.340 e. The highest BCUT2D eigenvalue weighted by Crippen LogP contribution is 2.33. The molecule has 0 spiro atoms. The van der Waals surface area contributed by atoms with Crippen molar-refractivity contribution in [1.82, 2.24) is 24.3 Å².